The number of fused-ring (bicyclic) bond motifs is 1. The minimum Gasteiger partial charge on any atom is -0.294 e. The summed E-state index contributed by atoms with van der Waals surface area (Å²) in [6.45, 7) is 2.44. The molecule has 0 bridgehead atoms. The third kappa shape index (κ3) is 4.67. The van der Waals surface area contributed by atoms with E-state index >= 15 is 0 Å². The summed E-state index contributed by atoms with van der Waals surface area (Å²) in [5.41, 5.74) is 2.43. The monoisotopic (exact) mass is 369 g/mol. The lowest BCUT2D eigenvalue weighted by atomic mass is 10.1. The summed E-state index contributed by atoms with van der Waals surface area (Å²) in [7, 11) is 0. The van der Waals surface area contributed by atoms with Gasteiger partial charge in [-0.2, -0.15) is 0 Å². The Morgan fingerprint density at radius 3 is 2.57 bits per heavy atom. The van der Waals surface area contributed by atoms with Crippen LogP contribution in [0.4, 0.5) is 4.39 Å². The fourth-order valence-corrected chi connectivity index (χ4v) is 3.77. The number of thiophene rings is 1. The first-order chi connectivity index (χ1) is 10.8. The molecule has 3 rings (SSSR count). The van der Waals surface area contributed by atoms with Gasteiger partial charge in [0.25, 0.3) is 0 Å². The van der Waals surface area contributed by atoms with E-state index in [1.165, 1.54) is 17.2 Å². The van der Waals surface area contributed by atoms with Crippen molar-refractivity contribution in [3.63, 3.8) is 0 Å². The van der Waals surface area contributed by atoms with E-state index in [9.17, 15) is 4.39 Å². The van der Waals surface area contributed by atoms with E-state index in [1.54, 1.807) is 17.4 Å². The normalized spacial score (nSPS) is 10.9. The molecular weight excluding hydrogens is 352 g/mol. The lowest BCUT2D eigenvalue weighted by Gasteiger charge is -2.21. The lowest BCUT2D eigenvalue weighted by molar-refractivity contribution is 0.274. The zero-order valence-electron chi connectivity index (χ0n) is 12.5. The van der Waals surface area contributed by atoms with Gasteiger partial charge in [0.05, 0.1) is 0 Å². The predicted molar refractivity (Wildman–Crippen MR) is 100 cm³/mol. The minimum absolute atomic E-state index is 0. The average molecular weight is 370 g/mol. The van der Waals surface area contributed by atoms with Gasteiger partial charge in [0.2, 0.25) is 0 Å². The van der Waals surface area contributed by atoms with Crippen LogP contribution in [-0.2, 0) is 13.1 Å². The van der Waals surface area contributed by atoms with E-state index in [0.29, 0.717) is 5.88 Å². The molecule has 1 heterocycles. The summed E-state index contributed by atoms with van der Waals surface area (Å²) >= 11 is 7.61. The molecule has 1 nitrogen and oxygen atoms in total. The molecular formula is C18H18Cl2FNS. The van der Waals surface area contributed by atoms with Gasteiger partial charge in [-0.25, -0.2) is 4.39 Å². The largest absolute Gasteiger partial charge is 0.294 e. The van der Waals surface area contributed by atoms with Crippen LogP contribution in [0.15, 0.2) is 53.9 Å². The molecule has 0 aliphatic rings. The van der Waals surface area contributed by atoms with Gasteiger partial charge in [-0.1, -0.05) is 30.3 Å². The first kappa shape index (κ1) is 18.2. The van der Waals surface area contributed by atoms with Crippen molar-refractivity contribution in [3.05, 3.63) is 70.9 Å². The Hall–Kier alpha value is -1.13. The molecule has 0 aliphatic heterocycles. The number of alkyl halides is 1. The Kier molecular flexibility index (Phi) is 6.85. The second-order valence-corrected chi connectivity index (χ2v) is 6.58. The summed E-state index contributed by atoms with van der Waals surface area (Å²) in [6, 6.07) is 15.3. The molecule has 1 aromatic heterocycles. The highest BCUT2D eigenvalue weighted by atomic mass is 35.5. The van der Waals surface area contributed by atoms with Crippen LogP contribution in [0.1, 0.15) is 11.1 Å². The van der Waals surface area contributed by atoms with Crippen LogP contribution in [0.2, 0.25) is 0 Å². The molecule has 0 saturated heterocycles. The maximum atomic E-state index is 13.5. The van der Waals surface area contributed by atoms with Crippen LogP contribution < -0.4 is 0 Å². The van der Waals surface area contributed by atoms with Crippen molar-refractivity contribution in [2.75, 3.05) is 12.4 Å². The van der Waals surface area contributed by atoms with Crippen LogP contribution >= 0.6 is 35.3 Å². The van der Waals surface area contributed by atoms with Gasteiger partial charge in [0.15, 0.2) is 0 Å². The number of halogens is 3. The van der Waals surface area contributed by atoms with E-state index in [4.69, 9.17) is 11.6 Å². The van der Waals surface area contributed by atoms with Crippen LogP contribution in [0.25, 0.3) is 10.1 Å². The maximum Gasteiger partial charge on any atom is 0.123 e. The topological polar surface area (TPSA) is 3.24 Å². The van der Waals surface area contributed by atoms with Gasteiger partial charge in [-0.05, 0) is 40.1 Å². The molecule has 2 aromatic carbocycles. The average Bonchev–Trinajstić information content (AvgIpc) is 2.91. The van der Waals surface area contributed by atoms with Gasteiger partial charge >= 0.3 is 0 Å². The van der Waals surface area contributed by atoms with Crippen LogP contribution in [0.5, 0.6) is 0 Å². The highest BCUT2D eigenvalue weighted by Gasteiger charge is 2.11. The number of rotatable bonds is 6. The standard InChI is InChI=1S/C18H17ClFNS.ClH/c19-8-9-21(11-14-4-2-1-3-5-14)12-15-13-22-18-7-6-16(20)10-17(15)18;/h1-7,10,13H,8-9,11-12H2;1H. The Morgan fingerprint density at radius 2 is 1.83 bits per heavy atom. The molecule has 23 heavy (non-hydrogen) atoms. The van der Waals surface area contributed by atoms with Crippen molar-refractivity contribution < 1.29 is 4.39 Å². The quantitative estimate of drug-likeness (QED) is 0.503. The van der Waals surface area contributed by atoms with Crippen molar-refractivity contribution in [1.29, 1.82) is 0 Å². The summed E-state index contributed by atoms with van der Waals surface area (Å²) in [5.74, 6) is 0.405. The van der Waals surface area contributed by atoms with E-state index in [2.05, 4.69) is 22.4 Å². The van der Waals surface area contributed by atoms with Crippen LogP contribution in [0, 0.1) is 5.82 Å². The first-order valence-electron chi connectivity index (χ1n) is 7.24. The zero-order chi connectivity index (χ0) is 15.4. The van der Waals surface area contributed by atoms with Gasteiger partial charge in [-0.3, -0.25) is 4.90 Å². The highest BCUT2D eigenvalue weighted by molar-refractivity contribution is 7.17. The van der Waals surface area contributed by atoms with E-state index in [0.717, 1.165) is 29.7 Å². The van der Waals surface area contributed by atoms with Crippen LogP contribution in [-0.4, -0.2) is 17.3 Å². The number of hydrogen-bond donors (Lipinski definition) is 0. The van der Waals surface area contributed by atoms with Crippen molar-refractivity contribution in [2.45, 2.75) is 13.1 Å². The molecule has 0 atom stereocenters. The Morgan fingerprint density at radius 1 is 1.04 bits per heavy atom. The fraction of sp³-hybridized carbons (Fsp3) is 0.222. The van der Waals surface area contributed by atoms with Crippen molar-refractivity contribution >= 4 is 45.4 Å². The molecule has 0 aliphatic carbocycles. The fourth-order valence-electron chi connectivity index (χ4n) is 2.59. The number of hydrogen-bond acceptors (Lipinski definition) is 2. The molecule has 0 amide bonds. The summed E-state index contributed by atoms with van der Waals surface area (Å²) in [4.78, 5) is 2.30. The highest BCUT2D eigenvalue weighted by Crippen LogP contribution is 2.28. The first-order valence-corrected chi connectivity index (χ1v) is 8.65. The van der Waals surface area contributed by atoms with Gasteiger partial charge in [0, 0.05) is 30.2 Å². The van der Waals surface area contributed by atoms with E-state index < -0.39 is 0 Å². The molecule has 0 spiro atoms. The molecule has 5 heteroatoms. The molecule has 0 radical (unpaired) electrons. The smallest absolute Gasteiger partial charge is 0.123 e. The second-order valence-electron chi connectivity index (χ2n) is 5.29. The molecule has 3 aromatic rings. The Bertz CT molecular complexity index is 745. The van der Waals surface area contributed by atoms with Gasteiger partial charge in [0.1, 0.15) is 5.82 Å². The molecule has 0 fully saturated rings. The summed E-state index contributed by atoms with van der Waals surface area (Å²) < 4.78 is 14.6. The maximum absolute atomic E-state index is 13.5. The Labute approximate surface area is 151 Å². The lowest BCUT2D eigenvalue weighted by Crippen LogP contribution is -2.24. The van der Waals surface area contributed by atoms with Crippen molar-refractivity contribution in [2.24, 2.45) is 0 Å². The predicted octanol–water partition coefficient (Wildman–Crippen LogP) is 5.70. The third-order valence-corrected chi connectivity index (χ3v) is 4.84. The third-order valence-electron chi connectivity index (χ3n) is 3.66. The van der Waals surface area contributed by atoms with Crippen molar-refractivity contribution in [3.8, 4) is 0 Å². The van der Waals surface area contributed by atoms with Gasteiger partial charge < -0.3 is 0 Å². The molecule has 0 N–H and O–H groups in total. The van der Waals surface area contributed by atoms with E-state index in [1.807, 2.05) is 24.3 Å². The summed E-state index contributed by atoms with van der Waals surface area (Å²) in [6.07, 6.45) is 0. The second kappa shape index (κ2) is 8.65. The molecule has 122 valence electrons. The van der Waals surface area contributed by atoms with E-state index in [-0.39, 0.29) is 18.2 Å². The molecule has 0 saturated carbocycles. The summed E-state index contributed by atoms with van der Waals surface area (Å²) in [5, 5.41) is 3.13. The number of benzene rings is 2. The van der Waals surface area contributed by atoms with Crippen molar-refractivity contribution in [1.82, 2.24) is 4.90 Å². The zero-order valence-corrected chi connectivity index (χ0v) is 14.9. The Balaban J connectivity index is 0.00000192. The number of nitrogens with zero attached hydrogens (tertiary/aromatic N) is 1. The SMILES string of the molecule is Cl.Fc1ccc2scc(CN(CCCl)Cc3ccccc3)c2c1. The molecule has 0 unspecified atom stereocenters. The van der Waals surface area contributed by atoms with Crippen LogP contribution in [0.3, 0.4) is 0 Å². The minimum atomic E-state index is -0.181. The van der Waals surface area contributed by atoms with Gasteiger partial charge in [-0.15, -0.1) is 35.3 Å².